The van der Waals surface area contributed by atoms with Crippen LogP contribution >= 0.6 is 0 Å². The number of nitrogens with zero attached hydrogens (tertiary/aromatic N) is 2. The topological polar surface area (TPSA) is 106 Å². The van der Waals surface area contributed by atoms with E-state index in [1.54, 1.807) is 0 Å². The van der Waals surface area contributed by atoms with E-state index < -0.39 is 41.2 Å². The van der Waals surface area contributed by atoms with E-state index in [9.17, 15) is 27.5 Å². The summed E-state index contributed by atoms with van der Waals surface area (Å²) in [4.78, 5) is 20.9. The van der Waals surface area contributed by atoms with Crippen molar-refractivity contribution in [2.75, 3.05) is 33.4 Å². The molecule has 8 nitrogen and oxygen atoms in total. The molecule has 0 saturated heterocycles. The Bertz CT molecular complexity index is 1430. The molecule has 0 bridgehead atoms. The highest BCUT2D eigenvalue weighted by Gasteiger charge is 2.57. The van der Waals surface area contributed by atoms with Gasteiger partial charge in [-0.25, -0.2) is 14.4 Å². The van der Waals surface area contributed by atoms with Crippen LogP contribution in [0.3, 0.4) is 0 Å². The molecule has 1 aromatic carbocycles. The summed E-state index contributed by atoms with van der Waals surface area (Å²) in [6.45, 7) is 2.03. The first-order valence-corrected chi connectivity index (χ1v) is 13.2. The molecule has 1 aliphatic heterocycles. The first kappa shape index (κ1) is 28.7. The fourth-order valence-corrected chi connectivity index (χ4v) is 4.78. The maximum Gasteiger partial charge on any atom is 0.424 e. The molecule has 3 N–H and O–H groups in total. The van der Waals surface area contributed by atoms with Crippen LogP contribution in [0.2, 0.25) is 0 Å². The van der Waals surface area contributed by atoms with E-state index in [2.05, 4.69) is 20.6 Å². The highest BCUT2D eigenvalue weighted by Crippen LogP contribution is 2.47. The molecule has 0 spiro atoms. The molecule has 2 aliphatic rings. The molecule has 1 fully saturated rings. The van der Waals surface area contributed by atoms with Crippen LogP contribution in [-0.4, -0.2) is 60.5 Å². The third-order valence-corrected chi connectivity index (χ3v) is 7.52. The molecule has 5 rings (SSSR count). The summed E-state index contributed by atoms with van der Waals surface area (Å²) in [5, 5.41) is 16.8. The molecule has 0 radical (unpaired) electrons. The predicted molar refractivity (Wildman–Crippen MR) is 141 cm³/mol. The number of hydrogen-bond acceptors (Lipinski definition) is 7. The lowest BCUT2D eigenvalue weighted by molar-refractivity contribution is -0.265. The van der Waals surface area contributed by atoms with Crippen molar-refractivity contribution in [3.63, 3.8) is 0 Å². The number of fused-ring (bicyclic) bond motifs is 1. The molecule has 1 saturated carbocycles. The van der Waals surface area contributed by atoms with Gasteiger partial charge in [0.25, 0.3) is 5.91 Å². The average Bonchev–Trinajstić information content (AvgIpc) is 3.72. The highest BCUT2D eigenvalue weighted by molar-refractivity contribution is 5.94. The van der Waals surface area contributed by atoms with Crippen molar-refractivity contribution in [1.29, 1.82) is 0 Å². The second-order valence-corrected chi connectivity index (χ2v) is 10.8. The molecule has 3 aromatic rings. The minimum atomic E-state index is -5.22. The molecule has 2 aromatic heterocycles. The number of aliphatic hydroxyl groups is 1. The Labute approximate surface area is 234 Å². The maximum atomic E-state index is 14.6. The van der Waals surface area contributed by atoms with Crippen LogP contribution in [0, 0.1) is 11.7 Å². The van der Waals surface area contributed by atoms with Gasteiger partial charge in [-0.3, -0.25) is 4.79 Å². The van der Waals surface area contributed by atoms with Crippen LogP contribution in [0.5, 0.6) is 11.6 Å². The Morgan fingerprint density at radius 1 is 1.20 bits per heavy atom. The van der Waals surface area contributed by atoms with Crippen LogP contribution in [0.25, 0.3) is 11.3 Å². The van der Waals surface area contributed by atoms with Crippen molar-refractivity contribution < 1.29 is 36.9 Å². The van der Waals surface area contributed by atoms with Crippen LogP contribution in [0.15, 0.2) is 48.7 Å². The Morgan fingerprint density at radius 3 is 2.59 bits per heavy atom. The summed E-state index contributed by atoms with van der Waals surface area (Å²) in [6.07, 6.45) is -1.68. The lowest BCUT2D eigenvalue weighted by Gasteiger charge is -2.32. The lowest BCUT2D eigenvalue weighted by Crippen LogP contribution is -2.51. The number of methoxy groups -OCH3 is 1. The molecule has 1 amide bonds. The van der Waals surface area contributed by atoms with E-state index in [0.29, 0.717) is 23.6 Å². The molecule has 12 heteroatoms. The Kier molecular flexibility index (Phi) is 7.64. The Balaban J connectivity index is 1.54. The van der Waals surface area contributed by atoms with E-state index in [4.69, 9.17) is 9.47 Å². The molecule has 1 unspecified atom stereocenters. The third-order valence-electron chi connectivity index (χ3n) is 7.52. The lowest BCUT2D eigenvalue weighted by atomic mass is 9.82. The summed E-state index contributed by atoms with van der Waals surface area (Å²) in [5.41, 5.74) is -4.23. The quantitative estimate of drug-likeness (QED) is 0.313. The van der Waals surface area contributed by atoms with Crippen LogP contribution in [-0.2, 0) is 11.0 Å². The van der Waals surface area contributed by atoms with Gasteiger partial charge in [0.05, 0.1) is 26.0 Å². The molecule has 218 valence electrons. The van der Waals surface area contributed by atoms with Gasteiger partial charge in [-0.2, -0.15) is 13.2 Å². The van der Waals surface area contributed by atoms with Gasteiger partial charge in [0.15, 0.2) is 0 Å². The van der Waals surface area contributed by atoms with Gasteiger partial charge in [0, 0.05) is 40.9 Å². The number of nitrogens with one attached hydrogen (secondary N) is 2. The number of amides is 1. The third kappa shape index (κ3) is 5.84. The van der Waals surface area contributed by atoms with Crippen molar-refractivity contribution in [2.45, 2.75) is 37.0 Å². The van der Waals surface area contributed by atoms with E-state index >= 15 is 0 Å². The first-order chi connectivity index (χ1) is 19.4. The zero-order chi connectivity index (χ0) is 29.4. The molecule has 41 heavy (non-hydrogen) atoms. The van der Waals surface area contributed by atoms with Gasteiger partial charge >= 0.3 is 6.18 Å². The zero-order valence-corrected chi connectivity index (χ0v) is 22.5. The normalized spacial score (nSPS) is 19.7. The van der Waals surface area contributed by atoms with Crippen molar-refractivity contribution in [3.05, 3.63) is 71.3 Å². The summed E-state index contributed by atoms with van der Waals surface area (Å²) in [5.74, 6) is -0.442. The van der Waals surface area contributed by atoms with Gasteiger partial charge < -0.3 is 25.2 Å². The molecular formula is C29H30F4N4O4. The summed E-state index contributed by atoms with van der Waals surface area (Å²) >= 11 is 0. The second-order valence-electron chi connectivity index (χ2n) is 10.8. The summed E-state index contributed by atoms with van der Waals surface area (Å²) in [6, 6.07) is 8.88. The maximum absolute atomic E-state index is 14.6. The molecule has 1 aliphatic carbocycles. The van der Waals surface area contributed by atoms with Crippen molar-refractivity contribution in [1.82, 2.24) is 20.6 Å². The van der Waals surface area contributed by atoms with Crippen LogP contribution in [0.1, 0.15) is 41.4 Å². The Hall–Kier alpha value is -3.77. The fraction of sp³-hybridized carbons (Fsp3) is 0.414. The van der Waals surface area contributed by atoms with Gasteiger partial charge in [0.2, 0.25) is 11.5 Å². The minimum absolute atomic E-state index is 0.00185. The molecule has 3 heterocycles. The SMILES string of the molecule is COc1cc(C(=O)NCC(O)(c2cc3c(c(-c4ccc(F)cc4)n2)OC[C@]3(C)CNCC2CC2)C(F)(F)F)ccn1. The zero-order valence-electron chi connectivity index (χ0n) is 22.5. The van der Waals surface area contributed by atoms with E-state index in [1.807, 2.05) is 6.92 Å². The molecule has 2 atom stereocenters. The van der Waals surface area contributed by atoms with Crippen molar-refractivity contribution in [3.8, 4) is 22.9 Å². The first-order valence-electron chi connectivity index (χ1n) is 13.2. The Morgan fingerprint density at radius 2 is 1.93 bits per heavy atom. The molecular weight excluding hydrogens is 544 g/mol. The number of alkyl halides is 3. The van der Waals surface area contributed by atoms with Gasteiger partial charge in [-0.05, 0) is 61.7 Å². The smallest absolute Gasteiger partial charge is 0.424 e. The standard InChI is InChI=1S/C29H30F4N4O4/c1-27(14-34-13-17-3-4-17)16-41-25-21(27)12-22(37-24(25)18-5-7-20(30)8-6-18)28(39,29(31,32)33)15-36-26(38)19-9-10-35-23(11-19)40-2/h5-12,17,34,39H,3-4,13-16H2,1-2H3,(H,36,38)/t27-,28?/m0/s1. The number of carbonyl (C=O) groups excluding carboxylic acids is 1. The predicted octanol–water partition coefficient (Wildman–Crippen LogP) is 4.12. The van der Waals surface area contributed by atoms with Crippen LogP contribution < -0.4 is 20.1 Å². The van der Waals surface area contributed by atoms with Crippen LogP contribution in [0.4, 0.5) is 17.6 Å². The number of ether oxygens (including phenoxy) is 2. The minimum Gasteiger partial charge on any atom is -0.490 e. The number of hydrogen-bond donors (Lipinski definition) is 3. The number of halogens is 4. The van der Waals surface area contributed by atoms with Gasteiger partial charge in [-0.15, -0.1) is 0 Å². The largest absolute Gasteiger partial charge is 0.490 e. The van der Waals surface area contributed by atoms with Gasteiger partial charge in [0.1, 0.15) is 17.3 Å². The summed E-state index contributed by atoms with van der Waals surface area (Å²) in [7, 11) is 1.34. The van der Waals surface area contributed by atoms with E-state index in [1.165, 1.54) is 55.8 Å². The fourth-order valence-electron chi connectivity index (χ4n) is 4.78. The van der Waals surface area contributed by atoms with E-state index in [0.717, 1.165) is 19.4 Å². The van der Waals surface area contributed by atoms with Crippen molar-refractivity contribution in [2.24, 2.45) is 5.92 Å². The van der Waals surface area contributed by atoms with E-state index in [-0.39, 0.29) is 29.5 Å². The number of pyridine rings is 2. The monoisotopic (exact) mass is 574 g/mol. The van der Waals surface area contributed by atoms with Crippen molar-refractivity contribution >= 4 is 5.91 Å². The summed E-state index contributed by atoms with van der Waals surface area (Å²) < 4.78 is 68.5. The average molecular weight is 575 g/mol. The number of benzene rings is 1. The number of aromatic nitrogens is 2. The number of rotatable bonds is 10. The number of carbonyl (C=O) groups is 1. The second kappa shape index (κ2) is 10.9. The highest BCUT2D eigenvalue weighted by atomic mass is 19.4. The van der Waals surface area contributed by atoms with Gasteiger partial charge in [-0.1, -0.05) is 6.92 Å².